The van der Waals surface area contributed by atoms with Gasteiger partial charge in [-0.2, -0.15) is 0 Å². The van der Waals surface area contributed by atoms with E-state index in [0.29, 0.717) is 0 Å². The molecular formula is C21H23N. The number of anilines is 1. The van der Waals surface area contributed by atoms with E-state index in [1.54, 1.807) is 0 Å². The minimum Gasteiger partial charge on any atom is -0.374 e. The van der Waals surface area contributed by atoms with Crippen LogP contribution in [-0.4, -0.2) is 13.6 Å². The zero-order chi connectivity index (χ0) is 15.4. The molecule has 0 radical (unpaired) electrons. The maximum Gasteiger partial charge on any atom is 0.0396 e. The van der Waals surface area contributed by atoms with Gasteiger partial charge in [0.2, 0.25) is 0 Å². The first-order valence-corrected chi connectivity index (χ1v) is 8.05. The number of hydrogen-bond acceptors (Lipinski definition) is 1. The van der Waals surface area contributed by atoms with Crippen molar-refractivity contribution < 1.29 is 0 Å². The standard InChI is InChI=1S/C21H23N/c1-3-17-9-5-7-14-21(17)22(2)16-15-19-12-8-11-18-10-4-6-13-20(18)19/h4-14H,3,15-16H2,1-2H3. The maximum absolute atomic E-state index is 2.38. The lowest BCUT2D eigenvalue weighted by molar-refractivity contribution is 0.872. The molecule has 0 N–H and O–H groups in total. The Morgan fingerprint density at radius 2 is 1.45 bits per heavy atom. The van der Waals surface area contributed by atoms with Gasteiger partial charge in [0.25, 0.3) is 0 Å². The Kier molecular flexibility index (Phi) is 4.43. The Labute approximate surface area is 133 Å². The predicted octanol–water partition coefficient (Wildman–Crippen LogP) is 5.08. The first kappa shape index (κ1) is 14.6. The van der Waals surface area contributed by atoms with Gasteiger partial charge in [0, 0.05) is 19.3 Å². The summed E-state index contributed by atoms with van der Waals surface area (Å²) in [6.07, 6.45) is 2.14. The summed E-state index contributed by atoms with van der Waals surface area (Å²) in [4.78, 5) is 2.38. The van der Waals surface area contributed by atoms with Crippen molar-refractivity contribution >= 4 is 16.5 Å². The molecule has 3 aromatic carbocycles. The van der Waals surface area contributed by atoms with Gasteiger partial charge in [0.1, 0.15) is 0 Å². The van der Waals surface area contributed by atoms with Crippen LogP contribution in [-0.2, 0) is 12.8 Å². The van der Waals surface area contributed by atoms with Crippen LogP contribution < -0.4 is 4.90 Å². The number of fused-ring (bicyclic) bond motifs is 1. The van der Waals surface area contributed by atoms with Crippen LogP contribution in [0.15, 0.2) is 66.7 Å². The normalized spacial score (nSPS) is 10.8. The van der Waals surface area contributed by atoms with Gasteiger partial charge >= 0.3 is 0 Å². The summed E-state index contributed by atoms with van der Waals surface area (Å²) in [6, 6.07) is 24.0. The van der Waals surface area contributed by atoms with E-state index in [1.165, 1.54) is 27.6 Å². The van der Waals surface area contributed by atoms with E-state index in [4.69, 9.17) is 0 Å². The van der Waals surface area contributed by atoms with Crippen molar-refractivity contribution in [3.8, 4) is 0 Å². The molecule has 0 aliphatic heterocycles. The molecule has 0 saturated heterocycles. The van der Waals surface area contributed by atoms with E-state index >= 15 is 0 Å². The van der Waals surface area contributed by atoms with Crippen molar-refractivity contribution in [3.05, 3.63) is 77.9 Å². The van der Waals surface area contributed by atoms with Gasteiger partial charge in [0.05, 0.1) is 0 Å². The van der Waals surface area contributed by atoms with Crippen molar-refractivity contribution in [1.82, 2.24) is 0 Å². The second kappa shape index (κ2) is 6.65. The topological polar surface area (TPSA) is 3.24 Å². The SMILES string of the molecule is CCc1ccccc1N(C)CCc1cccc2ccccc12. The minimum atomic E-state index is 1.03. The zero-order valence-electron chi connectivity index (χ0n) is 13.4. The third kappa shape index (κ3) is 2.99. The lowest BCUT2D eigenvalue weighted by atomic mass is 10.0. The molecule has 112 valence electrons. The molecule has 0 fully saturated rings. The third-order valence-corrected chi connectivity index (χ3v) is 4.38. The maximum atomic E-state index is 2.38. The van der Waals surface area contributed by atoms with E-state index in [9.17, 15) is 0 Å². The summed E-state index contributed by atoms with van der Waals surface area (Å²) in [6.45, 7) is 3.25. The van der Waals surface area contributed by atoms with Gasteiger partial charge in [-0.25, -0.2) is 0 Å². The molecule has 1 heteroatoms. The molecule has 0 bridgehead atoms. The molecule has 0 atom stereocenters. The van der Waals surface area contributed by atoms with Crippen LogP contribution in [0.3, 0.4) is 0 Å². The van der Waals surface area contributed by atoms with Gasteiger partial charge < -0.3 is 4.90 Å². The smallest absolute Gasteiger partial charge is 0.0396 e. The van der Waals surface area contributed by atoms with Crippen LogP contribution in [0.4, 0.5) is 5.69 Å². The number of aryl methyl sites for hydroxylation is 1. The van der Waals surface area contributed by atoms with Gasteiger partial charge in [-0.3, -0.25) is 0 Å². The third-order valence-electron chi connectivity index (χ3n) is 4.38. The number of rotatable bonds is 5. The first-order valence-electron chi connectivity index (χ1n) is 8.05. The summed E-state index contributed by atoms with van der Waals surface area (Å²) in [5.74, 6) is 0. The molecular weight excluding hydrogens is 266 g/mol. The fourth-order valence-corrected chi connectivity index (χ4v) is 3.10. The highest BCUT2D eigenvalue weighted by atomic mass is 15.1. The van der Waals surface area contributed by atoms with Crippen LogP contribution in [0, 0.1) is 0 Å². The average Bonchev–Trinajstić information content (AvgIpc) is 2.59. The number of para-hydroxylation sites is 1. The van der Waals surface area contributed by atoms with E-state index in [-0.39, 0.29) is 0 Å². The Morgan fingerprint density at radius 1 is 0.773 bits per heavy atom. The summed E-state index contributed by atoms with van der Waals surface area (Å²) in [5, 5.41) is 2.71. The fraction of sp³-hybridized carbons (Fsp3) is 0.238. The second-order valence-electron chi connectivity index (χ2n) is 5.79. The van der Waals surface area contributed by atoms with Crippen LogP contribution in [0.2, 0.25) is 0 Å². The van der Waals surface area contributed by atoms with Crippen molar-refractivity contribution in [3.63, 3.8) is 0 Å². The van der Waals surface area contributed by atoms with E-state index < -0.39 is 0 Å². The van der Waals surface area contributed by atoms with Crippen LogP contribution in [0.1, 0.15) is 18.1 Å². The largest absolute Gasteiger partial charge is 0.374 e. The molecule has 0 amide bonds. The highest BCUT2D eigenvalue weighted by molar-refractivity contribution is 5.85. The highest BCUT2D eigenvalue weighted by Gasteiger charge is 2.07. The Balaban J connectivity index is 1.79. The molecule has 0 spiro atoms. The number of benzene rings is 3. The van der Waals surface area contributed by atoms with Crippen molar-refractivity contribution in [1.29, 1.82) is 0 Å². The fourth-order valence-electron chi connectivity index (χ4n) is 3.10. The quantitative estimate of drug-likeness (QED) is 0.633. The molecule has 0 aromatic heterocycles. The molecule has 22 heavy (non-hydrogen) atoms. The van der Waals surface area contributed by atoms with Crippen molar-refractivity contribution in [2.24, 2.45) is 0 Å². The molecule has 3 aromatic rings. The lowest BCUT2D eigenvalue weighted by Crippen LogP contribution is -2.21. The molecule has 0 aliphatic rings. The second-order valence-corrected chi connectivity index (χ2v) is 5.79. The van der Waals surface area contributed by atoms with Crippen LogP contribution in [0.5, 0.6) is 0 Å². The average molecular weight is 289 g/mol. The van der Waals surface area contributed by atoms with E-state index in [0.717, 1.165) is 19.4 Å². The molecule has 0 heterocycles. The molecule has 0 saturated carbocycles. The monoisotopic (exact) mass is 289 g/mol. The van der Waals surface area contributed by atoms with Gasteiger partial charge in [-0.05, 0) is 40.8 Å². The van der Waals surface area contributed by atoms with Crippen molar-refractivity contribution in [2.75, 3.05) is 18.5 Å². The van der Waals surface area contributed by atoms with E-state index in [2.05, 4.69) is 85.6 Å². The van der Waals surface area contributed by atoms with Crippen LogP contribution >= 0.6 is 0 Å². The number of likely N-dealkylation sites (N-methyl/N-ethyl adjacent to an activating group) is 1. The first-order chi connectivity index (χ1) is 10.8. The number of hydrogen-bond donors (Lipinski definition) is 0. The zero-order valence-corrected chi connectivity index (χ0v) is 13.4. The minimum absolute atomic E-state index is 1.03. The van der Waals surface area contributed by atoms with Crippen LogP contribution in [0.25, 0.3) is 10.8 Å². The number of nitrogens with zero attached hydrogens (tertiary/aromatic N) is 1. The Hall–Kier alpha value is -2.28. The van der Waals surface area contributed by atoms with E-state index in [1.807, 2.05) is 0 Å². The van der Waals surface area contributed by atoms with Gasteiger partial charge in [-0.1, -0.05) is 67.6 Å². The summed E-state index contributed by atoms with van der Waals surface area (Å²) < 4.78 is 0. The Morgan fingerprint density at radius 3 is 2.32 bits per heavy atom. The van der Waals surface area contributed by atoms with Gasteiger partial charge in [0.15, 0.2) is 0 Å². The van der Waals surface area contributed by atoms with Crippen molar-refractivity contribution in [2.45, 2.75) is 19.8 Å². The molecule has 0 unspecified atom stereocenters. The highest BCUT2D eigenvalue weighted by Crippen LogP contribution is 2.22. The molecule has 1 nitrogen and oxygen atoms in total. The molecule has 3 rings (SSSR count). The summed E-state index contributed by atoms with van der Waals surface area (Å²) >= 11 is 0. The Bertz CT molecular complexity index is 755. The lowest BCUT2D eigenvalue weighted by Gasteiger charge is -2.22. The molecule has 0 aliphatic carbocycles. The summed E-state index contributed by atoms with van der Waals surface area (Å²) in [7, 11) is 2.19. The van der Waals surface area contributed by atoms with Gasteiger partial charge in [-0.15, -0.1) is 0 Å². The predicted molar refractivity (Wildman–Crippen MR) is 96.7 cm³/mol. The summed E-state index contributed by atoms with van der Waals surface area (Å²) in [5.41, 5.74) is 4.20.